The Kier molecular flexibility index (Phi) is 18.9. The highest BCUT2D eigenvalue weighted by molar-refractivity contribution is 6.30. The van der Waals surface area contributed by atoms with E-state index in [2.05, 4.69) is 414 Å². The molecule has 0 radical (unpaired) electrons. The molecule has 1 N–H and O–H groups in total. The molecule has 8 heterocycles. The van der Waals surface area contributed by atoms with Gasteiger partial charge in [-0.05, 0) is 265 Å². The predicted molar refractivity (Wildman–Crippen MR) is 596 cm³/mol. The molecule has 0 fully saturated rings. The summed E-state index contributed by atoms with van der Waals surface area (Å²) in [6.45, 7) is 9.62. The minimum absolute atomic E-state index is 0.178. The lowest BCUT2D eigenvalue weighted by Crippen LogP contribution is -2.15. The van der Waals surface area contributed by atoms with Gasteiger partial charge in [-0.1, -0.05) is 331 Å². The summed E-state index contributed by atoms with van der Waals surface area (Å²) >= 11 is 6.03. The first-order valence-corrected chi connectivity index (χ1v) is 49.2. The number of rotatable bonds is 9. The van der Waals surface area contributed by atoms with Crippen molar-refractivity contribution in [2.24, 2.45) is 0 Å². The molecule has 0 saturated carbocycles. The highest BCUT2D eigenvalue weighted by Crippen LogP contribution is 2.57. The summed E-state index contributed by atoms with van der Waals surface area (Å²) in [5.41, 5.74) is 33.2. The fraction of sp³-hybridized carbons (Fsp3) is 0.0455. The van der Waals surface area contributed by atoms with Gasteiger partial charge in [-0.15, -0.1) is 0 Å². The molecule has 10 nitrogen and oxygen atoms in total. The molecule has 0 amide bonds. The van der Waals surface area contributed by atoms with Gasteiger partial charge in [0.2, 0.25) is 11.2 Å². The quantitative estimate of drug-likeness (QED) is 0.114. The minimum Gasteiger partial charge on any atom is -0.339 e. The molecule has 0 saturated heterocycles. The van der Waals surface area contributed by atoms with Crippen LogP contribution in [0.15, 0.2) is 449 Å². The average Bonchev–Trinajstić information content (AvgIpc) is 1.54. The second-order valence-corrected chi connectivity index (χ2v) is 39.3. The Balaban J connectivity index is 0.000000121. The van der Waals surface area contributed by atoms with Crippen LogP contribution in [0, 0.1) is 0 Å². The Morgan fingerprint density at radius 2 is 0.524 bits per heavy atom. The van der Waals surface area contributed by atoms with Gasteiger partial charge in [0.05, 0.1) is 50.4 Å². The van der Waals surface area contributed by atoms with Crippen molar-refractivity contribution in [3.63, 3.8) is 0 Å². The van der Waals surface area contributed by atoms with Crippen molar-refractivity contribution in [3.8, 4) is 107 Å². The molecule has 0 spiro atoms. The van der Waals surface area contributed by atoms with Crippen molar-refractivity contribution in [2.45, 2.75) is 38.5 Å². The summed E-state index contributed by atoms with van der Waals surface area (Å²) in [4.78, 5) is 32.7. The highest BCUT2D eigenvalue weighted by atomic mass is 35.5. The van der Waals surface area contributed by atoms with E-state index in [1.54, 1.807) is 0 Å². The highest BCUT2D eigenvalue weighted by Gasteiger charge is 2.40. The largest absolute Gasteiger partial charge is 0.339 e. The van der Waals surface area contributed by atoms with Crippen molar-refractivity contribution in [1.29, 1.82) is 0 Å². The fourth-order valence-corrected chi connectivity index (χ4v) is 23.6. The molecule has 2 aliphatic carbocycles. The van der Waals surface area contributed by atoms with Crippen LogP contribution in [0.1, 0.15) is 49.9 Å². The summed E-state index contributed by atoms with van der Waals surface area (Å²) in [5.74, 6) is 0.583. The smallest absolute Gasteiger partial charge is 0.237 e. The maximum Gasteiger partial charge on any atom is 0.237 e. The van der Waals surface area contributed by atoms with Crippen LogP contribution in [-0.2, 0) is 10.8 Å². The molecule has 0 atom stereocenters. The zero-order valence-electron chi connectivity index (χ0n) is 78.6. The predicted octanol–water partition coefficient (Wildman–Crippen LogP) is 34.5. The molecule has 2 aliphatic rings. The first-order chi connectivity index (χ1) is 70.3. The van der Waals surface area contributed by atoms with Crippen LogP contribution >= 0.6 is 11.6 Å². The SMILES string of the molecule is CC1(C)c2cc3c4ccccc4c4ccccc4c3cc2-c2cc3c(cc21)c1cc(-c2cnc4[nH]c5ccccc5c4c2)ccc1n3-c1ccccc1.CC1(C)c2cc3c4ccccc4c4ccccc4c3cc2-c2cc3c(cc21)c1cc(-c2cnc4c(c2)c2ccccc2n4-c2nc(-c4ccccc4)cc(-c4ccccc4)n2)ccc1n3-c1ccccc1.Clc1nc(-c2ccccc2)cc(-c2ccccc2)n1. The van der Waals surface area contributed by atoms with Crippen LogP contribution in [0.2, 0.25) is 5.28 Å². The summed E-state index contributed by atoms with van der Waals surface area (Å²) in [7, 11) is 0. The monoisotopic (exact) mass is 1850 g/mol. The maximum absolute atomic E-state index is 6.03. The minimum atomic E-state index is -0.228. The number of aromatic nitrogens is 10. The van der Waals surface area contributed by atoms with Gasteiger partial charge in [0.1, 0.15) is 11.3 Å². The number of nitrogens with one attached hydrogen (secondary N) is 1. The fourth-order valence-electron chi connectivity index (χ4n) is 23.4. The van der Waals surface area contributed by atoms with E-state index >= 15 is 0 Å². The Labute approximate surface area is 828 Å². The van der Waals surface area contributed by atoms with Crippen molar-refractivity contribution in [3.05, 3.63) is 477 Å². The first kappa shape index (κ1) is 83.1. The van der Waals surface area contributed by atoms with Gasteiger partial charge in [0.25, 0.3) is 0 Å². The second kappa shape index (κ2) is 32.5. The number of benzene rings is 20. The van der Waals surface area contributed by atoms with Gasteiger partial charge in [-0.25, -0.2) is 29.9 Å². The number of para-hydroxylation sites is 4. The van der Waals surface area contributed by atoms with E-state index < -0.39 is 0 Å². The number of H-pyrrole nitrogens is 1. The molecular weight excluding hydrogens is 1760 g/mol. The van der Waals surface area contributed by atoms with Gasteiger partial charge in [-0.3, -0.25) is 4.57 Å². The number of pyridine rings is 2. The molecule has 8 aromatic heterocycles. The second-order valence-electron chi connectivity index (χ2n) is 39.0. The van der Waals surface area contributed by atoms with Crippen molar-refractivity contribution >= 4 is 164 Å². The zero-order valence-corrected chi connectivity index (χ0v) is 79.4. The molecule has 28 aromatic rings. The molecule has 0 aliphatic heterocycles. The van der Waals surface area contributed by atoms with Gasteiger partial charge >= 0.3 is 0 Å². The number of fused-ring (bicyclic) bond motifs is 30. The Bertz CT molecular complexity index is 10100. The van der Waals surface area contributed by atoms with Gasteiger partial charge in [-0.2, -0.15) is 0 Å². The molecule has 0 bridgehead atoms. The lowest BCUT2D eigenvalue weighted by Gasteiger charge is -2.22. The Hall–Kier alpha value is -18.1. The topological polar surface area (TPSA) is 108 Å². The molecular formula is C132H87ClN10. The summed E-state index contributed by atoms with van der Waals surface area (Å²) in [6, 6.07) is 157. The van der Waals surface area contributed by atoms with Crippen LogP contribution in [0.5, 0.6) is 0 Å². The number of hydrogen-bond acceptors (Lipinski definition) is 6. The lowest BCUT2D eigenvalue weighted by molar-refractivity contribution is 0.662. The lowest BCUT2D eigenvalue weighted by atomic mass is 9.81. The third-order valence-electron chi connectivity index (χ3n) is 30.3. The summed E-state index contributed by atoms with van der Waals surface area (Å²) < 4.78 is 7.02. The maximum atomic E-state index is 6.03. The van der Waals surface area contributed by atoms with Gasteiger partial charge in [0, 0.05) is 117 Å². The average molecular weight is 1850 g/mol. The van der Waals surface area contributed by atoms with E-state index in [-0.39, 0.29) is 16.1 Å². The van der Waals surface area contributed by atoms with E-state index in [0.29, 0.717) is 5.95 Å². The van der Waals surface area contributed by atoms with E-state index in [1.807, 2.05) is 91.3 Å². The molecule has 672 valence electrons. The summed E-state index contributed by atoms with van der Waals surface area (Å²) in [6.07, 6.45) is 4.02. The number of nitrogens with zero attached hydrogens (tertiary/aromatic N) is 9. The summed E-state index contributed by atoms with van der Waals surface area (Å²) in [5, 5.41) is 25.4. The molecule has 20 aromatic carbocycles. The van der Waals surface area contributed by atoms with Crippen LogP contribution in [0.25, 0.3) is 259 Å². The molecule has 30 rings (SSSR count). The van der Waals surface area contributed by atoms with Crippen molar-refractivity contribution in [2.75, 3.05) is 0 Å². The van der Waals surface area contributed by atoms with Gasteiger partial charge < -0.3 is 14.1 Å². The van der Waals surface area contributed by atoms with Crippen molar-refractivity contribution in [1.82, 2.24) is 48.6 Å². The molecule has 143 heavy (non-hydrogen) atoms. The van der Waals surface area contributed by atoms with Gasteiger partial charge in [0.15, 0.2) is 0 Å². The van der Waals surface area contributed by atoms with Crippen LogP contribution in [-0.4, -0.2) is 48.6 Å². The molecule has 0 unspecified atom stereocenters. The standard InChI is InChI=1S/C66H43N5.C50H33N3.C16H11ClN2/c1-66(2)57-35-51-48-27-15-13-25-46(48)45-24-12-14-26-47(45)50(51)34-52(57)53-37-63-55(36-58(53)66)54-32-42(30-31-62(54)70(63)44-22-10-5-11-23-44)43-33-56-49-28-16-17-29-61(49)71(64(56)67-39-43)65-68-59(40-18-6-3-7-19-40)38-60(69-65)41-20-8-4-9-21-41;1-50(2)44-25-38-35-17-9-7-15-33(35)32-14-6-8-16-34(32)37(38)24-39(44)40-27-48-42(26-45(40)50)41-22-29(20-21-47(41)53(48)31-12-4-3-5-13-31)30-23-43-36-18-10-11-19-46(36)52-49(43)51-28-30;17-16-18-14(12-7-3-1-4-8-12)11-15(19-16)13-9-5-2-6-10-13/h3-39H,1-2H3;3-28H,1-2H3,(H,51,52);1-11H. The number of aromatic amines is 1. The van der Waals surface area contributed by atoms with E-state index in [1.165, 1.54) is 158 Å². The van der Waals surface area contributed by atoms with Crippen LogP contribution in [0.4, 0.5) is 0 Å². The third-order valence-corrected chi connectivity index (χ3v) is 30.5. The van der Waals surface area contributed by atoms with Crippen molar-refractivity contribution < 1.29 is 0 Å². The normalized spacial score (nSPS) is 12.9. The third kappa shape index (κ3) is 13.3. The Morgan fingerprint density at radius 3 is 0.944 bits per heavy atom. The van der Waals surface area contributed by atoms with E-state index in [9.17, 15) is 0 Å². The first-order valence-electron chi connectivity index (χ1n) is 48.9. The Morgan fingerprint density at radius 1 is 0.217 bits per heavy atom. The molecule has 11 heteroatoms. The van der Waals surface area contributed by atoms with Crippen LogP contribution in [0.3, 0.4) is 0 Å². The van der Waals surface area contributed by atoms with E-state index in [0.717, 1.165) is 117 Å². The zero-order chi connectivity index (χ0) is 95.0. The number of hydrogen-bond donors (Lipinski definition) is 1. The number of halogens is 1. The van der Waals surface area contributed by atoms with E-state index in [4.69, 9.17) is 31.5 Å². The van der Waals surface area contributed by atoms with Crippen LogP contribution < -0.4 is 0 Å².